The van der Waals surface area contributed by atoms with Crippen LogP contribution >= 0.6 is 0 Å². The number of carbonyl (C=O) groups excluding carboxylic acids is 1. The second-order valence-corrected chi connectivity index (χ2v) is 6.51. The Balaban J connectivity index is 4.57. The molecular weight excluding hydrogens is 272 g/mol. The van der Waals surface area contributed by atoms with E-state index >= 15 is 0 Å². The number of hydrogen-bond donors (Lipinski definition) is 3. The van der Waals surface area contributed by atoms with Gasteiger partial charge in [0, 0.05) is 19.6 Å². The van der Waals surface area contributed by atoms with Gasteiger partial charge in [-0.2, -0.15) is 8.42 Å². The van der Waals surface area contributed by atoms with Crippen molar-refractivity contribution in [2.45, 2.75) is 32.4 Å². The molecule has 3 N–H and O–H groups in total. The summed E-state index contributed by atoms with van der Waals surface area (Å²) in [7, 11) is -0.848. The van der Waals surface area contributed by atoms with E-state index in [-0.39, 0.29) is 18.4 Å². The standard InChI is InChI=1S/C11H24N2O5S/c1-8(11(2,3)18-5)9(12-4)10(14)13-6-7-19(15,16)17/h8-9,12H,6-7H2,1-5H3,(H,13,14)(H,15,16,17). The smallest absolute Gasteiger partial charge is 0.266 e. The monoisotopic (exact) mass is 296 g/mol. The van der Waals surface area contributed by atoms with Gasteiger partial charge in [-0.05, 0) is 20.9 Å². The molecule has 0 aliphatic rings. The molecule has 0 saturated heterocycles. The largest absolute Gasteiger partial charge is 0.378 e. The van der Waals surface area contributed by atoms with E-state index in [0.29, 0.717) is 0 Å². The minimum absolute atomic E-state index is 0.129. The first-order valence-electron chi connectivity index (χ1n) is 6.00. The van der Waals surface area contributed by atoms with E-state index in [1.807, 2.05) is 20.8 Å². The summed E-state index contributed by atoms with van der Waals surface area (Å²) in [6.45, 7) is 5.48. The van der Waals surface area contributed by atoms with Crippen LogP contribution in [0.3, 0.4) is 0 Å². The molecule has 0 saturated carbocycles. The van der Waals surface area contributed by atoms with Gasteiger partial charge in [0.05, 0.1) is 17.4 Å². The summed E-state index contributed by atoms with van der Waals surface area (Å²) in [4.78, 5) is 12.0. The Morgan fingerprint density at radius 1 is 1.42 bits per heavy atom. The fourth-order valence-electron chi connectivity index (χ4n) is 1.61. The molecule has 1 amide bonds. The highest BCUT2D eigenvalue weighted by atomic mass is 32.2. The van der Waals surface area contributed by atoms with E-state index in [0.717, 1.165) is 0 Å². The predicted octanol–water partition coefficient (Wildman–Crippen LogP) is -0.360. The third kappa shape index (κ3) is 6.33. The quantitative estimate of drug-likeness (QED) is 0.528. The highest BCUT2D eigenvalue weighted by Crippen LogP contribution is 2.23. The van der Waals surface area contributed by atoms with Gasteiger partial charge in [-0.3, -0.25) is 9.35 Å². The van der Waals surface area contributed by atoms with Crippen molar-refractivity contribution in [3.63, 3.8) is 0 Å². The van der Waals surface area contributed by atoms with E-state index < -0.39 is 27.5 Å². The van der Waals surface area contributed by atoms with Crippen molar-refractivity contribution in [2.24, 2.45) is 5.92 Å². The lowest BCUT2D eigenvalue weighted by Gasteiger charge is -2.35. The lowest BCUT2D eigenvalue weighted by atomic mass is 9.85. The van der Waals surface area contributed by atoms with Crippen LogP contribution in [-0.2, 0) is 19.6 Å². The fourth-order valence-corrected chi connectivity index (χ4v) is 1.97. The third-order valence-corrected chi connectivity index (χ3v) is 4.10. The van der Waals surface area contributed by atoms with Crippen molar-refractivity contribution in [2.75, 3.05) is 26.5 Å². The number of nitrogens with one attached hydrogen (secondary N) is 2. The van der Waals surface area contributed by atoms with Gasteiger partial charge in [0.25, 0.3) is 10.1 Å². The Labute approximate surface area is 114 Å². The zero-order chi connectivity index (χ0) is 15.3. The van der Waals surface area contributed by atoms with Crippen LogP contribution in [0.15, 0.2) is 0 Å². The number of hydrogen-bond acceptors (Lipinski definition) is 5. The zero-order valence-corrected chi connectivity index (χ0v) is 12.9. The molecule has 0 fully saturated rings. The van der Waals surface area contributed by atoms with Gasteiger partial charge >= 0.3 is 0 Å². The molecule has 0 aliphatic heterocycles. The zero-order valence-electron chi connectivity index (χ0n) is 12.1. The van der Waals surface area contributed by atoms with Crippen LogP contribution in [0.1, 0.15) is 20.8 Å². The summed E-state index contributed by atoms with van der Waals surface area (Å²) in [6, 6.07) is -0.517. The number of amides is 1. The summed E-state index contributed by atoms with van der Waals surface area (Å²) in [5.41, 5.74) is -0.506. The molecule has 2 atom stereocenters. The Bertz CT molecular complexity index is 394. The molecule has 0 radical (unpaired) electrons. The minimum atomic E-state index is -4.07. The first-order chi connectivity index (χ1) is 8.55. The number of likely N-dealkylation sites (N-methyl/N-ethyl adjacent to an activating group) is 1. The SMILES string of the molecule is CNC(C(=O)NCCS(=O)(=O)O)C(C)C(C)(C)OC. The molecule has 8 heteroatoms. The highest BCUT2D eigenvalue weighted by molar-refractivity contribution is 7.85. The average molecular weight is 296 g/mol. The number of ether oxygens (including phenoxy) is 1. The topological polar surface area (TPSA) is 105 Å². The van der Waals surface area contributed by atoms with Gasteiger partial charge in [-0.1, -0.05) is 6.92 Å². The van der Waals surface area contributed by atoms with Crippen LogP contribution in [0.4, 0.5) is 0 Å². The molecule has 19 heavy (non-hydrogen) atoms. The van der Waals surface area contributed by atoms with Crippen LogP contribution in [0.2, 0.25) is 0 Å². The van der Waals surface area contributed by atoms with E-state index in [4.69, 9.17) is 9.29 Å². The Hall–Kier alpha value is -0.700. The molecule has 0 aliphatic carbocycles. The molecule has 0 spiro atoms. The van der Waals surface area contributed by atoms with Gasteiger partial charge < -0.3 is 15.4 Å². The van der Waals surface area contributed by atoms with Crippen molar-refractivity contribution in [3.8, 4) is 0 Å². The van der Waals surface area contributed by atoms with Crippen LogP contribution in [-0.4, -0.2) is 57.0 Å². The molecular formula is C11H24N2O5S. The fraction of sp³-hybridized carbons (Fsp3) is 0.909. The maximum absolute atomic E-state index is 12.0. The van der Waals surface area contributed by atoms with Gasteiger partial charge in [-0.25, -0.2) is 0 Å². The Kier molecular flexibility index (Phi) is 6.92. The number of carbonyl (C=O) groups is 1. The summed E-state index contributed by atoms with van der Waals surface area (Å²) in [6.07, 6.45) is 0. The molecule has 114 valence electrons. The van der Waals surface area contributed by atoms with Crippen LogP contribution in [0.5, 0.6) is 0 Å². The van der Waals surface area contributed by atoms with Gasteiger partial charge in [0.15, 0.2) is 0 Å². The first kappa shape index (κ1) is 18.3. The number of rotatable bonds is 8. The first-order valence-corrected chi connectivity index (χ1v) is 7.61. The molecule has 0 rings (SSSR count). The van der Waals surface area contributed by atoms with Gasteiger partial charge in [0.1, 0.15) is 0 Å². The summed E-state index contributed by atoms with van der Waals surface area (Å²) >= 11 is 0. The lowest BCUT2D eigenvalue weighted by molar-refractivity contribution is -0.127. The molecule has 0 aromatic heterocycles. The predicted molar refractivity (Wildman–Crippen MR) is 72.5 cm³/mol. The summed E-state index contributed by atoms with van der Waals surface area (Å²) in [5.74, 6) is -0.964. The van der Waals surface area contributed by atoms with E-state index in [1.165, 1.54) is 0 Å². The van der Waals surface area contributed by atoms with Crippen LogP contribution in [0, 0.1) is 5.92 Å². The molecule has 7 nitrogen and oxygen atoms in total. The maximum atomic E-state index is 12.0. The summed E-state index contributed by atoms with van der Waals surface area (Å²) in [5, 5.41) is 5.36. The van der Waals surface area contributed by atoms with Crippen molar-refractivity contribution in [1.29, 1.82) is 0 Å². The lowest BCUT2D eigenvalue weighted by Crippen LogP contribution is -2.53. The molecule has 0 heterocycles. The number of methoxy groups -OCH3 is 1. The van der Waals surface area contributed by atoms with Crippen molar-refractivity contribution in [3.05, 3.63) is 0 Å². The maximum Gasteiger partial charge on any atom is 0.266 e. The van der Waals surface area contributed by atoms with Crippen molar-refractivity contribution < 1.29 is 22.5 Å². The van der Waals surface area contributed by atoms with E-state index in [1.54, 1.807) is 14.2 Å². The van der Waals surface area contributed by atoms with Gasteiger partial charge in [-0.15, -0.1) is 0 Å². The Morgan fingerprint density at radius 2 is 1.95 bits per heavy atom. The molecule has 2 unspecified atom stereocenters. The van der Waals surface area contributed by atoms with Crippen molar-refractivity contribution in [1.82, 2.24) is 10.6 Å². The average Bonchev–Trinajstić information content (AvgIpc) is 2.28. The second kappa shape index (κ2) is 7.18. The molecule has 0 aromatic carbocycles. The van der Waals surface area contributed by atoms with Crippen LogP contribution in [0.25, 0.3) is 0 Å². The van der Waals surface area contributed by atoms with Crippen molar-refractivity contribution >= 4 is 16.0 Å². The molecule has 0 bridgehead atoms. The molecule has 0 aromatic rings. The van der Waals surface area contributed by atoms with E-state index in [9.17, 15) is 13.2 Å². The second-order valence-electron chi connectivity index (χ2n) is 4.94. The van der Waals surface area contributed by atoms with E-state index in [2.05, 4.69) is 10.6 Å². The van der Waals surface area contributed by atoms with Gasteiger partial charge in [0.2, 0.25) is 5.91 Å². The summed E-state index contributed by atoms with van der Waals surface area (Å²) < 4.78 is 35.0. The normalized spacial score (nSPS) is 15.9. The minimum Gasteiger partial charge on any atom is -0.378 e. The van der Waals surface area contributed by atoms with Crippen LogP contribution < -0.4 is 10.6 Å². The highest BCUT2D eigenvalue weighted by Gasteiger charge is 2.35. The third-order valence-electron chi connectivity index (χ3n) is 3.38. The Morgan fingerprint density at radius 3 is 2.32 bits per heavy atom.